The fourth-order valence-corrected chi connectivity index (χ4v) is 2.29. The fourth-order valence-electron chi connectivity index (χ4n) is 2.08. The van der Waals surface area contributed by atoms with Crippen molar-refractivity contribution in [3.63, 3.8) is 0 Å². The number of hydrogen-bond donors (Lipinski definition) is 1. The van der Waals surface area contributed by atoms with Crippen LogP contribution in [0.25, 0.3) is 0 Å². The van der Waals surface area contributed by atoms with Crippen LogP contribution in [0.4, 0.5) is 4.39 Å². The van der Waals surface area contributed by atoms with Gasteiger partial charge in [0.05, 0.1) is 19.2 Å². The Hall–Kier alpha value is -1.78. The van der Waals surface area contributed by atoms with Crippen LogP contribution in [-0.4, -0.2) is 14.2 Å². The number of hydrogen-bond acceptors (Lipinski definition) is 3. The second kappa shape index (κ2) is 6.78. The Morgan fingerprint density at radius 2 is 1.71 bits per heavy atom. The van der Waals surface area contributed by atoms with E-state index in [0.717, 1.165) is 11.1 Å². The summed E-state index contributed by atoms with van der Waals surface area (Å²) >= 11 is 5.78. The molecular formula is C16H17ClFNO2. The van der Waals surface area contributed by atoms with Gasteiger partial charge >= 0.3 is 0 Å². The molecule has 112 valence electrons. The highest BCUT2D eigenvalue weighted by Crippen LogP contribution is 2.27. The van der Waals surface area contributed by atoms with Crippen molar-refractivity contribution in [2.75, 3.05) is 14.2 Å². The Balaban J connectivity index is 2.22. The average Bonchev–Trinajstić information content (AvgIpc) is 2.50. The highest BCUT2D eigenvalue weighted by molar-refractivity contribution is 6.30. The molecule has 2 aromatic rings. The van der Waals surface area contributed by atoms with Gasteiger partial charge in [-0.25, -0.2) is 4.39 Å². The normalized spacial score (nSPS) is 12.0. The van der Waals surface area contributed by atoms with Crippen LogP contribution in [0.15, 0.2) is 36.4 Å². The molecule has 0 saturated heterocycles. The topological polar surface area (TPSA) is 44.5 Å². The number of methoxy groups -OCH3 is 2. The van der Waals surface area contributed by atoms with Crippen LogP contribution in [0, 0.1) is 5.82 Å². The Kier molecular flexibility index (Phi) is 5.04. The molecule has 0 aliphatic heterocycles. The van der Waals surface area contributed by atoms with E-state index in [1.807, 2.05) is 12.1 Å². The van der Waals surface area contributed by atoms with Crippen LogP contribution in [-0.2, 0) is 6.42 Å². The van der Waals surface area contributed by atoms with Gasteiger partial charge in [-0.3, -0.25) is 0 Å². The summed E-state index contributed by atoms with van der Waals surface area (Å²) in [6.45, 7) is 0. The lowest BCUT2D eigenvalue weighted by Crippen LogP contribution is -2.13. The van der Waals surface area contributed by atoms with Gasteiger partial charge in [0.25, 0.3) is 0 Å². The fraction of sp³-hybridized carbons (Fsp3) is 0.250. The first kappa shape index (κ1) is 15.6. The molecule has 0 amide bonds. The zero-order chi connectivity index (χ0) is 15.4. The van der Waals surface area contributed by atoms with Crippen molar-refractivity contribution in [1.29, 1.82) is 0 Å². The van der Waals surface area contributed by atoms with Gasteiger partial charge in [0.1, 0.15) is 17.3 Å². The Labute approximate surface area is 128 Å². The first-order valence-electron chi connectivity index (χ1n) is 6.46. The highest BCUT2D eigenvalue weighted by Gasteiger charge is 2.12. The molecule has 0 aliphatic rings. The maximum Gasteiger partial charge on any atom is 0.141 e. The number of ether oxygens (including phenoxy) is 2. The molecule has 0 radical (unpaired) electrons. The molecular weight excluding hydrogens is 293 g/mol. The number of benzene rings is 2. The van der Waals surface area contributed by atoms with E-state index in [-0.39, 0.29) is 11.1 Å². The monoisotopic (exact) mass is 309 g/mol. The van der Waals surface area contributed by atoms with E-state index < -0.39 is 5.82 Å². The lowest BCUT2D eigenvalue weighted by atomic mass is 9.99. The smallest absolute Gasteiger partial charge is 0.141 e. The second-order valence-corrected chi connectivity index (χ2v) is 5.11. The number of nitrogens with two attached hydrogens (primary N) is 1. The predicted octanol–water partition coefficient (Wildman–Crippen LogP) is 3.74. The maximum atomic E-state index is 13.2. The van der Waals surface area contributed by atoms with Crippen LogP contribution in [0.3, 0.4) is 0 Å². The van der Waals surface area contributed by atoms with Gasteiger partial charge in [-0.15, -0.1) is 0 Å². The summed E-state index contributed by atoms with van der Waals surface area (Å²) in [7, 11) is 3.17. The minimum atomic E-state index is -0.433. The van der Waals surface area contributed by atoms with E-state index in [9.17, 15) is 4.39 Å². The van der Waals surface area contributed by atoms with Crippen molar-refractivity contribution < 1.29 is 13.9 Å². The number of halogens is 2. The molecule has 2 rings (SSSR count). The SMILES string of the molecule is COc1cc(OC)cc(C(N)Cc2ccc(F)c(Cl)c2)c1. The van der Waals surface area contributed by atoms with Gasteiger partial charge in [-0.05, 0) is 41.8 Å². The third-order valence-electron chi connectivity index (χ3n) is 3.24. The van der Waals surface area contributed by atoms with Crippen molar-refractivity contribution in [3.8, 4) is 11.5 Å². The van der Waals surface area contributed by atoms with Crippen molar-refractivity contribution in [3.05, 3.63) is 58.4 Å². The van der Waals surface area contributed by atoms with E-state index >= 15 is 0 Å². The van der Waals surface area contributed by atoms with Gasteiger partial charge in [-0.2, -0.15) is 0 Å². The van der Waals surface area contributed by atoms with Gasteiger partial charge < -0.3 is 15.2 Å². The molecule has 5 heteroatoms. The van der Waals surface area contributed by atoms with Crippen LogP contribution >= 0.6 is 11.6 Å². The zero-order valence-corrected chi connectivity index (χ0v) is 12.7. The molecule has 2 N–H and O–H groups in total. The standard InChI is InChI=1S/C16H17ClFNO2/c1-20-12-7-11(8-13(9-12)21-2)16(19)6-10-3-4-15(18)14(17)5-10/h3-5,7-9,16H,6,19H2,1-2H3. The molecule has 0 saturated carbocycles. The Morgan fingerprint density at radius 1 is 1.10 bits per heavy atom. The first-order chi connectivity index (χ1) is 10.0. The Bertz CT molecular complexity index is 611. The lowest BCUT2D eigenvalue weighted by molar-refractivity contribution is 0.392. The molecule has 0 bridgehead atoms. The second-order valence-electron chi connectivity index (χ2n) is 4.71. The van der Waals surface area contributed by atoms with E-state index in [2.05, 4.69) is 0 Å². The average molecular weight is 310 g/mol. The Morgan fingerprint density at radius 3 is 2.24 bits per heavy atom. The molecule has 2 aromatic carbocycles. The maximum absolute atomic E-state index is 13.2. The summed E-state index contributed by atoms with van der Waals surface area (Å²) in [5.74, 6) is 0.922. The molecule has 0 aliphatic carbocycles. The molecule has 0 spiro atoms. The van der Waals surface area contributed by atoms with Crippen LogP contribution < -0.4 is 15.2 Å². The van der Waals surface area contributed by atoms with Gasteiger partial charge in [0.2, 0.25) is 0 Å². The quantitative estimate of drug-likeness (QED) is 0.915. The van der Waals surface area contributed by atoms with Gasteiger partial charge in [-0.1, -0.05) is 17.7 Å². The summed E-state index contributed by atoms with van der Waals surface area (Å²) in [6, 6.07) is 9.85. The van der Waals surface area contributed by atoms with Crippen molar-refractivity contribution >= 4 is 11.6 Å². The summed E-state index contributed by atoms with van der Waals surface area (Å²) in [5.41, 5.74) is 7.97. The summed E-state index contributed by atoms with van der Waals surface area (Å²) in [4.78, 5) is 0. The van der Waals surface area contributed by atoms with Crippen molar-refractivity contribution in [2.24, 2.45) is 5.73 Å². The molecule has 21 heavy (non-hydrogen) atoms. The van der Waals surface area contributed by atoms with Crippen LogP contribution in [0.1, 0.15) is 17.2 Å². The minimum absolute atomic E-state index is 0.0999. The van der Waals surface area contributed by atoms with Crippen LogP contribution in [0.2, 0.25) is 5.02 Å². The van der Waals surface area contributed by atoms with Gasteiger partial charge in [0.15, 0.2) is 0 Å². The first-order valence-corrected chi connectivity index (χ1v) is 6.83. The summed E-state index contributed by atoms with van der Waals surface area (Å²) < 4.78 is 23.6. The van der Waals surface area contributed by atoms with Crippen molar-refractivity contribution in [1.82, 2.24) is 0 Å². The van der Waals surface area contributed by atoms with E-state index in [4.69, 9.17) is 26.8 Å². The lowest BCUT2D eigenvalue weighted by Gasteiger charge is -2.15. The largest absolute Gasteiger partial charge is 0.497 e. The minimum Gasteiger partial charge on any atom is -0.497 e. The molecule has 1 unspecified atom stereocenters. The summed E-state index contributed by atoms with van der Waals surface area (Å²) in [6.07, 6.45) is 0.538. The van der Waals surface area contributed by atoms with Crippen molar-refractivity contribution in [2.45, 2.75) is 12.5 Å². The molecule has 0 fully saturated rings. The zero-order valence-electron chi connectivity index (χ0n) is 11.9. The summed E-state index contributed by atoms with van der Waals surface area (Å²) in [5, 5.41) is 0.0999. The third-order valence-corrected chi connectivity index (χ3v) is 3.53. The number of rotatable bonds is 5. The van der Waals surface area contributed by atoms with E-state index in [1.165, 1.54) is 6.07 Å². The van der Waals surface area contributed by atoms with E-state index in [1.54, 1.807) is 32.4 Å². The van der Waals surface area contributed by atoms with E-state index in [0.29, 0.717) is 17.9 Å². The predicted molar refractivity (Wildman–Crippen MR) is 81.6 cm³/mol. The molecule has 3 nitrogen and oxygen atoms in total. The molecule has 1 atom stereocenters. The molecule has 0 aromatic heterocycles. The molecule has 0 heterocycles. The van der Waals surface area contributed by atoms with Gasteiger partial charge in [0, 0.05) is 12.1 Å². The highest BCUT2D eigenvalue weighted by atomic mass is 35.5. The third kappa shape index (κ3) is 3.86. The van der Waals surface area contributed by atoms with Crippen LogP contribution in [0.5, 0.6) is 11.5 Å².